The maximum atomic E-state index is 5.35. The maximum absolute atomic E-state index is 5.35. The number of guanidine groups is 1. The predicted octanol–water partition coefficient (Wildman–Crippen LogP) is 2.76. The Balaban J connectivity index is 0.00000576. The first-order valence-corrected chi connectivity index (χ1v) is 8.90. The van der Waals surface area contributed by atoms with Gasteiger partial charge in [0.15, 0.2) is 5.96 Å². The summed E-state index contributed by atoms with van der Waals surface area (Å²) in [5.41, 5.74) is 1.36. The molecule has 0 saturated carbocycles. The molecule has 0 amide bonds. The van der Waals surface area contributed by atoms with Gasteiger partial charge < -0.3 is 20.3 Å². The van der Waals surface area contributed by atoms with Gasteiger partial charge in [0.25, 0.3) is 0 Å². The maximum Gasteiger partial charge on any atom is 0.191 e. The van der Waals surface area contributed by atoms with Crippen molar-refractivity contribution in [3.05, 3.63) is 35.9 Å². The topological polar surface area (TPSA) is 48.9 Å². The second-order valence-corrected chi connectivity index (χ2v) is 6.09. The molecular formula is C19H35IN4O. The van der Waals surface area contributed by atoms with Gasteiger partial charge in [0, 0.05) is 39.4 Å². The first-order valence-electron chi connectivity index (χ1n) is 8.90. The molecule has 0 heterocycles. The molecule has 0 radical (unpaired) electrons. The number of benzene rings is 1. The van der Waals surface area contributed by atoms with Crippen LogP contribution < -0.4 is 10.6 Å². The van der Waals surface area contributed by atoms with Crippen LogP contribution in [-0.2, 0) is 11.2 Å². The zero-order valence-electron chi connectivity index (χ0n) is 16.1. The van der Waals surface area contributed by atoms with Gasteiger partial charge in [-0.15, -0.1) is 24.0 Å². The standard InChI is InChI=1S/C19H34N4O.HI/c1-5-24-14-10-9-13-21-19(20-2)22-16-18(23(3)4)15-17-11-7-6-8-12-17;/h6-8,11-12,18H,5,9-10,13-16H2,1-4H3,(H2,20,21,22);1H. The van der Waals surface area contributed by atoms with E-state index in [1.807, 2.05) is 14.0 Å². The summed E-state index contributed by atoms with van der Waals surface area (Å²) >= 11 is 0. The molecule has 0 aromatic heterocycles. The number of rotatable bonds is 11. The van der Waals surface area contributed by atoms with Crippen LogP contribution in [0.3, 0.4) is 0 Å². The van der Waals surface area contributed by atoms with E-state index < -0.39 is 0 Å². The van der Waals surface area contributed by atoms with Gasteiger partial charge in [0.2, 0.25) is 0 Å². The minimum absolute atomic E-state index is 0. The highest BCUT2D eigenvalue weighted by molar-refractivity contribution is 14.0. The van der Waals surface area contributed by atoms with Crippen molar-refractivity contribution in [2.45, 2.75) is 32.2 Å². The second-order valence-electron chi connectivity index (χ2n) is 6.09. The predicted molar refractivity (Wildman–Crippen MR) is 118 cm³/mol. The minimum atomic E-state index is 0. The Bertz CT molecular complexity index is 454. The molecule has 1 rings (SSSR count). The van der Waals surface area contributed by atoms with Gasteiger partial charge in [0.1, 0.15) is 0 Å². The highest BCUT2D eigenvalue weighted by Crippen LogP contribution is 2.06. The highest BCUT2D eigenvalue weighted by Gasteiger charge is 2.12. The molecule has 0 aliphatic carbocycles. The Labute approximate surface area is 170 Å². The summed E-state index contributed by atoms with van der Waals surface area (Å²) in [4.78, 5) is 6.56. The number of ether oxygens (including phenoxy) is 1. The molecule has 0 spiro atoms. The van der Waals surface area contributed by atoms with Crippen LogP contribution in [0, 0.1) is 0 Å². The van der Waals surface area contributed by atoms with Crippen molar-refractivity contribution in [1.82, 2.24) is 15.5 Å². The van der Waals surface area contributed by atoms with Crippen LogP contribution in [0.5, 0.6) is 0 Å². The van der Waals surface area contributed by atoms with E-state index in [0.717, 1.165) is 51.5 Å². The van der Waals surface area contributed by atoms with Gasteiger partial charge in [-0.05, 0) is 45.8 Å². The fourth-order valence-electron chi connectivity index (χ4n) is 2.44. The van der Waals surface area contributed by atoms with Crippen LogP contribution in [0.4, 0.5) is 0 Å². The van der Waals surface area contributed by atoms with Gasteiger partial charge >= 0.3 is 0 Å². The lowest BCUT2D eigenvalue weighted by molar-refractivity contribution is 0.143. The third-order valence-corrected chi connectivity index (χ3v) is 3.99. The number of hydrogen-bond acceptors (Lipinski definition) is 3. The lowest BCUT2D eigenvalue weighted by atomic mass is 10.1. The Kier molecular flexibility index (Phi) is 14.9. The quantitative estimate of drug-likeness (QED) is 0.230. The Morgan fingerprint density at radius 2 is 1.88 bits per heavy atom. The first kappa shape index (κ1) is 24.1. The second kappa shape index (κ2) is 15.4. The summed E-state index contributed by atoms with van der Waals surface area (Å²) in [5.74, 6) is 0.867. The molecule has 0 aliphatic heterocycles. The summed E-state index contributed by atoms with van der Waals surface area (Å²) in [7, 11) is 6.07. The fraction of sp³-hybridized carbons (Fsp3) is 0.632. The minimum Gasteiger partial charge on any atom is -0.382 e. The highest BCUT2D eigenvalue weighted by atomic mass is 127. The van der Waals surface area contributed by atoms with Gasteiger partial charge in [-0.25, -0.2) is 0 Å². The van der Waals surface area contributed by atoms with Crippen molar-refractivity contribution in [1.29, 1.82) is 0 Å². The molecular weight excluding hydrogens is 427 g/mol. The average molecular weight is 462 g/mol. The van der Waals surface area contributed by atoms with Gasteiger partial charge in [-0.1, -0.05) is 30.3 Å². The smallest absolute Gasteiger partial charge is 0.191 e. The number of halogens is 1. The van der Waals surface area contributed by atoms with E-state index in [-0.39, 0.29) is 24.0 Å². The summed E-state index contributed by atoms with van der Waals surface area (Å²) in [5, 5.41) is 6.81. The summed E-state index contributed by atoms with van der Waals surface area (Å²) in [6.07, 6.45) is 3.18. The molecule has 0 bridgehead atoms. The van der Waals surface area contributed by atoms with E-state index in [0.29, 0.717) is 6.04 Å². The molecule has 25 heavy (non-hydrogen) atoms. The number of unbranched alkanes of at least 4 members (excludes halogenated alkanes) is 1. The van der Waals surface area contributed by atoms with Crippen molar-refractivity contribution in [2.24, 2.45) is 4.99 Å². The van der Waals surface area contributed by atoms with Crippen LogP contribution in [0.15, 0.2) is 35.3 Å². The van der Waals surface area contributed by atoms with Crippen LogP contribution >= 0.6 is 24.0 Å². The Morgan fingerprint density at radius 1 is 1.16 bits per heavy atom. The number of aliphatic imine (C=N–C) groups is 1. The molecule has 1 aromatic rings. The molecule has 2 N–H and O–H groups in total. The van der Waals surface area contributed by atoms with E-state index in [4.69, 9.17) is 4.74 Å². The van der Waals surface area contributed by atoms with E-state index in [2.05, 4.69) is 65.0 Å². The number of likely N-dealkylation sites (N-methyl/N-ethyl adjacent to an activating group) is 1. The van der Waals surface area contributed by atoms with Gasteiger partial charge in [0.05, 0.1) is 0 Å². The molecule has 1 aromatic carbocycles. The molecule has 0 aliphatic rings. The number of nitrogens with zero attached hydrogens (tertiary/aromatic N) is 2. The van der Waals surface area contributed by atoms with E-state index >= 15 is 0 Å². The normalized spacial score (nSPS) is 12.6. The van der Waals surface area contributed by atoms with Gasteiger partial charge in [-0.2, -0.15) is 0 Å². The van der Waals surface area contributed by atoms with Crippen LogP contribution in [0.1, 0.15) is 25.3 Å². The van der Waals surface area contributed by atoms with E-state index in [1.165, 1.54) is 5.56 Å². The summed E-state index contributed by atoms with van der Waals surface area (Å²) in [6.45, 7) is 5.44. The molecule has 0 fully saturated rings. The van der Waals surface area contributed by atoms with E-state index in [1.54, 1.807) is 0 Å². The summed E-state index contributed by atoms with van der Waals surface area (Å²) in [6, 6.07) is 11.0. The molecule has 6 heteroatoms. The van der Waals surface area contributed by atoms with Crippen LogP contribution in [0.2, 0.25) is 0 Å². The van der Waals surface area contributed by atoms with Crippen molar-refractivity contribution in [3.63, 3.8) is 0 Å². The van der Waals surface area contributed by atoms with Gasteiger partial charge in [-0.3, -0.25) is 4.99 Å². The van der Waals surface area contributed by atoms with Crippen molar-refractivity contribution >= 4 is 29.9 Å². The number of hydrogen-bond donors (Lipinski definition) is 2. The molecule has 1 unspecified atom stereocenters. The molecule has 5 nitrogen and oxygen atoms in total. The lowest BCUT2D eigenvalue weighted by Gasteiger charge is -2.25. The Hall–Kier alpha value is -0.860. The summed E-state index contributed by atoms with van der Waals surface area (Å²) < 4.78 is 5.35. The number of nitrogens with one attached hydrogen (secondary N) is 2. The average Bonchev–Trinajstić information content (AvgIpc) is 2.60. The zero-order chi connectivity index (χ0) is 17.6. The molecule has 1 atom stereocenters. The first-order chi connectivity index (χ1) is 11.7. The lowest BCUT2D eigenvalue weighted by Crippen LogP contribution is -2.46. The third-order valence-electron chi connectivity index (χ3n) is 3.99. The monoisotopic (exact) mass is 462 g/mol. The van der Waals surface area contributed by atoms with E-state index in [9.17, 15) is 0 Å². The zero-order valence-corrected chi connectivity index (χ0v) is 18.5. The third kappa shape index (κ3) is 11.4. The van der Waals surface area contributed by atoms with Crippen molar-refractivity contribution in [3.8, 4) is 0 Å². The van der Waals surface area contributed by atoms with Crippen LogP contribution in [0.25, 0.3) is 0 Å². The fourth-order valence-corrected chi connectivity index (χ4v) is 2.44. The van der Waals surface area contributed by atoms with Crippen molar-refractivity contribution < 1.29 is 4.74 Å². The van der Waals surface area contributed by atoms with Crippen LogP contribution in [-0.4, -0.2) is 64.3 Å². The molecule has 144 valence electrons. The SMILES string of the molecule is CCOCCCCNC(=NC)NCC(Cc1ccccc1)N(C)C.I. The van der Waals surface area contributed by atoms with Crippen molar-refractivity contribution in [2.75, 3.05) is 47.4 Å². The Morgan fingerprint density at radius 3 is 2.48 bits per heavy atom. The largest absolute Gasteiger partial charge is 0.382 e. The molecule has 0 saturated heterocycles.